The number of nitrogens with one attached hydrogen (secondary N) is 2. The molecule has 0 fully saturated rings. The number of nitrogens with zero attached hydrogens (tertiary/aromatic N) is 2. The number of amides is 1. The summed E-state index contributed by atoms with van der Waals surface area (Å²) in [5.41, 5.74) is -0.933. The number of hydrogen-bond donors (Lipinski definition) is 2. The van der Waals surface area contributed by atoms with Gasteiger partial charge in [0.25, 0.3) is 5.91 Å². The van der Waals surface area contributed by atoms with E-state index in [2.05, 4.69) is 20.6 Å². The summed E-state index contributed by atoms with van der Waals surface area (Å²) in [6.07, 6.45) is -4.65. The summed E-state index contributed by atoms with van der Waals surface area (Å²) in [7, 11) is 0. The molecule has 0 saturated carbocycles. The zero-order chi connectivity index (χ0) is 19.5. The van der Waals surface area contributed by atoms with Crippen LogP contribution in [0.5, 0.6) is 0 Å². The van der Waals surface area contributed by atoms with Crippen LogP contribution in [-0.4, -0.2) is 22.4 Å². The average molecular weight is 387 g/mol. The maximum atomic E-state index is 13.1. The van der Waals surface area contributed by atoms with Crippen molar-refractivity contribution in [3.8, 4) is 0 Å². The number of anilines is 2. The summed E-state index contributed by atoms with van der Waals surface area (Å²) in [4.78, 5) is 20.6. The molecule has 9 heteroatoms. The topological polar surface area (TPSA) is 66.9 Å². The van der Waals surface area contributed by atoms with Crippen molar-refractivity contribution >= 4 is 29.1 Å². The summed E-state index contributed by atoms with van der Waals surface area (Å²) in [6.45, 7) is 6.26. The molecule has 0 aliphatic rings. The molecule has 0 saturated heterocycles. The summed E-state index contributed by atoms with van der Waals surface area (Å²) in [6, 6.07) is 4.54. The van der Waals surface area contributed by atoms with Crippen LogP contribution in [0, 0.1) is 12.8 Å². The van der Waals surface area contributed by atoms with Crippen molar-refractivity contribution in [1.82, 2.24) is 9.97 Å². The number of rotatable bonds is 5. The minimum atomic E-state index is -4.65. The molecule has 0 unspecified atom stereocenters. The Morgan fingerprint density at radius 2 is 1.92 bits per heavy atom. The summed E-state index contributed by atoms with van der Waals surface area (Å²) in [5, 5.41) is 5.16. The van der Waals surface area contributed by atoms with Gasteiger partial charge in [0.2, 0.25) is 5.95 Å². The average Bonchev–Trinajstić information content (AvgIpc) is 2.53. The lowest BCUT2D eigenvalue weighted by molar-refractivity contribution is -0.136. The van der Waals surface area contributed by atoms with Gasteiger partial charge in [0, 0.05) is 17.3 Å². The highest BCUT2D eigenvalue weighted by atomic mass is 35.5. The molecule has 0 bridgehead atoms. The molecule has 26 heavy (non-hydrogen) atoms. The number of halogens is 4. The largest absolute Gasteiger partial charge is 0.418 e. The van der Waals surface area contributed by atoms with Gasteiger partial charge in [0.15, 0.2) is 0 Å². The van der Waals surface area contributed by atoms with Gasteiger partial charge >= 0.3 is 6.18 Å². The van der Waals surface area contributed by atoms with E-state index in [0.717, 1.165) is 12.1 Å². The standard InChI is InChI=1S/C17H18ClF3N4O/c1-9(2)8-22-16-23-10(3)6-14(25-16)15(26)24-13-5-4-11(18)7-12(13)17(19,20)21/h4-7,9H,8H2,1-3H3,(H,24,26)(H,22,23,25). The van der Waals surface area contributed by atoms with Gasteiger partial charge in [-0.1, -0.05) is 25.4 Å². The van der Waals surface area contributed by atoms with Crippen LogP contribution in [0.4, 0.5) is 24.8 Å². The lowest BCUT2D eigenvalue weighted by atomic mass is 10.1. The van der Waals surface area contributed by atoms with E-state index in [0.29, 0.717) is 18.2 Å². The number of aryl methyl sites for hydroxylation is 1. The van der Waals surface area contributed by atoms with Gasteiger partial charge in [0.1, 0.15) is 5.69 Å². The van der Waals surface area contributed by atoms with Crippen molar-refractivity contribution in [2.45, 2.75) is 26.9 Å². The molecule has 0 radical (unpaired) electrons. The quantitative estimate of drug-likeness (QED) is 0.776. The van der Waals surface area contributed by atoms with E-state index in [1.807, 2.05) is 13.8 Å². The fourth-order valence-electron chi connectivity index (χ4n) is 2.11. The van der Waals surface area contributed by atoms with E-state index in [-0.39, 0.29) is 22.4 Å². The van der Waals surface area contributed by atoms with Crippen molar-refractivity contribution in [3.63, 3.8) is 0 Å². The molecule has 140 valence electrons. The highest BCUT2D eigenvalue weighted by molar-refractivity contribution is 6.30. The van der Waals surface area contributed by atoms with Gasteiger partial charge in [-0.3, -0.25) is 4.79 Å². The SMILES string of the molecule is Cc1cc(C(=O)Nc2ccc(Cl)cc2C(F)(F)F)nc(NCC(C)C)n1. The van der Waals surface area contributed by atoms with E-state index in [1.54, 1.807) is 6.92 Å². The van der Waals surface area contributed by atoms with E-state index < -0.39 is 17.6 Å². The molecule has 2 rings (SSSR count). The molecular formula is C17H18ClF3N4O. The van der Waals surface area contributed by atoms with Gasteiger partial charge in [-0.15, -0.1) is 0 Å². The van der Waals surface area contributed by atoms with Gasteiger partial charge < -0.3 is 10.6 Å². The number of hydrogen-bond acceptors (Lipinski definition) is 4. The van der Waals surface area contributed by atoms with Crippen LogP contribution in [-0.2, 0) is 6.18 Å². The molecule has 2 N–H and O–H groups in total. The van der Waals surface area contributed by atoms with Gasteiger partial charge in [0.05, 0.1) is 11.3 Å². The third-order valence-electron chi connectivity index (χ3n) is 3.29. The molecule has 0 aliphatic heterocycles. The highest BCUT2D eigenvalue weighted by Crippen LogP contribution is 2.36. The predicted octanol–water partition coefficient (Wildman–Crippen LogP) is 4.78. The molecule has 1 amide bonds. The fourth-order valence-corrected chi connectivity index (χ4v) is 2.28. The third kappa shape index (κ3) is 5.32. The van der Waals surface area contributed by atoms with E-state index >= 15 is 0 Å². The molecule has 1 aromatic heterocycles. The third-order valence-corrected chi connectivity index (χ3v) is 3.53. The van der Waals surface area contributed by atoms with Crippen LogP contribution >= 0.6 is 11.6 Å². The van der Waals surface area contributed by atoms with Gasteiger partial charge in [-0.2, -0.15) is 13.2 Å². The Morgan fingerprint density at radius 3 is 2.54 bits per heavy atom. The minimum Gasteiger partial charge on any atom is -0.354 e. The first-order chi connectivity index (χ1) is 12.1. The Kier molecular flexibility index (Phi) is 6.07. The molecule has 1 aromatic carbocycles. The van der Waals surface area contributed by atoms with Crippen LogP contribution in [0.1, 0.15) is 35.6 Å². The van der Waals surface area contributed by atoms with Crippen molar-refractivity contribution in [3.05, 3.63) is 46.2 Å². The Balaban J connectivity index is 2.28. The number of benzene rings is 1. The van der Waals surface area contributed by atoms with Crippen LogP contribution in [0.25, 0.3) is 0 Å². The normalized spacial score (nSPS) is 11.5. The zero-order valence-corrected chi connectivity index (χ0v) is 15.2. The van der Waals surface area contributed by atoms with Gasteiger partial charge in [-0.25, -0.2) is 9.97 Å². The maximum absolute atomic E-state index is 13.1. The minimum absolute atomic E-state index is 0.0353. The molecule has 2 aromatic rings. The van der Waals surface area contributed by atoms with Crippen LogP contribution in [0.15, 0.2) is 24.3 Å². The second-order valence-corrected chi connectivity index (χ2v) is 6.57. The second-order valence-electron chi connectivity index (χ2n) is 6.13. The molecule has 0 aliphatic carbocycles. The number of carbonyl (C=O) groups is 1. The Hall–Kier alpha value is -2.35. The van der Waals surface area contributed by atoms with E-state index in [4.69, 9.17) is 11.6 Å². The summed E-state index contributed by atoms with van der Waals surface area (Å²) < 4.78 is 39.4. The van der Waals surface area contributed by atoms with Crippen molar-refractivity contribution in [1.29, 1.82) is 0 Å². The summed E-state index contributed by atoms with van der Waals surface area (Å²) >= 11 is 5.64. The smallest absolute Gasteiger partial charge is 0.354 e. The second kappa shape index (κ2) is 7.90. The van der Waals surface area contributed by atoms with Crippen LogP contribution in [0.2, 0.25) is 5.02 Å². The molecule has 5 nitrogen and oxygen atoms in total. The maximum Gasteiger partial charge on any atom is 0.418 e. The van der Waals surface area contributed by atoms with Crippen LogP contribution in [0.3, 0.4) is 0 Å². The van der Waals surface area contributed by atoms with Crippen LogP contribution < -0.4 is 10.6 Å². The molecule has 1 heterocycles. The monoisotopic (exact) mass is 386 g/mol. The fraction of sp³-hybridized carbons (Fsp3) is 0.353. The lowest BCUT2D eigenvalue weighted by Gasteiger charge is -2.14. The number of carbonyl (C=O) groups excluding carboxylic acids is 1. The van der Waals surface area contributed by atoms with E-state index in [9.17, 15) is 18.0 Å². The molecule has 0 spiro atoms. The number of aromatic nitrogens is 2. The Morgan fingerprint density at radius 1 is 1.23 bits per heavy atom. The van der Waals surface area contributed by atoms with Gasteiger partial charge in [-0.05, 0) is 37.1 Å². The van der Waals surface area contributed by atoms with Crippen molar-refractivity contribution in [2.24, 2.45) is 5.92 Å². The first-order valence-electron chi connectivity index (χ1n) is 7.84. The zero-order valence-electron chi connectivity index (χ0n) is 14.4. The first-order valence-corrected chi connectivity index (χ1v) is 8.21. The highest BCUT2D eigenvalue weighted by Gasteiger charge is 2.34. The number of alkyl halides is 3. The van der Waals surface area contributed by atoms with E-state index in [1.165, 1.54) is 12.1 Å². The molecule has 0 atom stereocenters. The Bertz CT molecular complexity index is 809. The Labute approximate surface area is 154 Å². The van der Waals surface area contributed by atoms with Crippen molar-refractivity contribution in [2.75, 3.05) is 17.2 Å². The molecular weight excluding hydrogens is 369 g/mol. The lowest BCUT2D eigenvalue weighted by Crippen LogP contribution is -2.19. The first kappa shape index (κ1) is 20.0. The predicted molar refractivity (Wildman–Crippen MR) is 94.5 cm³/mol. The summed E-state index contributed by atoms with van der Waals surface area (Å²) in [5.74, 6) is -0.188. The van der Waals surface area contributed by atoms with Crippen molar-refractivity contribution < 1.29 is 18.0 Å².